The van der Waals surface area contributed by atoms with E-state index in [9.17, 15) is 0 Å². The molecule has 2 aromatic carbocycles. The maximum absolute atomic E-state index is 5.78. The van der Waals surface area contributed by atoms with Crippen LogP contribution in [0.5, 0.6) is 11.5 Å². The lowest BCUT2D eigenvalue weighted by atomic mass is 10.0. The first-order chi connectivity index (χ1) is 10.8. The van der Waals surface area contributed by atoms with Gasteiger partial charge in [0, 0.05) is 17.4 Å². The molecular weight excluding hydrogens is 274 g/mol. The number of para-hydroxylation sites is 1. The molecule has 3 nitrogen and oxygen atoms in total. The second kappa shape index (κ2) is 5.34. The van der Waals surface area contributed by atoms with Crippen LogP contribution in [0.4, 0.5) is 0 Å². The van der Waals surface area contributed by atoms with Crippen LogP contribution in [0.25, 0.3) is 22.2 Å². The number of nitrogens with zero attached hydrogens (tertiary/aromatic N) is 1. The van der Waals surface area contributed by atoms with Gasteiger partial charge in [0.25, 0.3) is 0 Å². The molecule has 0 unspecified atom stereocenters. The first-order valence-corrected chi connectivity index (χ1v) is 7.58. The number of hydrogen-bond donors (Lipinski definition) is 0. The van der Waals surface area contributed by atoms with E-state index in [1.165, 1.54) is 10.9 Å². The Morgan fingerprint density at radius 2 is 1.73 bits per heavy atom. The Labute approximate surface area is 129 Å². The van der Waals surface area contributed by atoms with Crippen molar-refractivity contribution in [1.29, 1.82) is 0 Å². The molecule has 2 heterocycles. The fourth-order valence-corrected chi connectivity index (χ4v) is 2.82. The average molecular weight is 291 g/mol. The average Bonchev–Trinajstić information content (AvgIpc) is 2.79. The molecule has 0 N–H and O–H groups in total. The zero-order valence-electron chi connectivity index (χ0n) is 12.5. The molecule has 3 aromatic rings. The van der Waals surface area contributed by atoms with E-state index in [1.807, 2.05) is 30.3 Å². The summed E-state index contributed by atoms with van der Waals surface area (Å²) in [6, 6.07) is 16.4. The summed E-state index contributed by atoms with van der Waals surface area (Å²) in [6.45, 7) is 3.52. The highest BCUT2D eigenvalue weighted by Crippen LogP contribution is 2.34. The van der Waals surface area contributed by atoms with Crippen LogP contribution in [0, 0.1) is 6.92 Å². The van der Waals surface area contributed by atoms with E-state index in [-0.39, 0.29) is 0 Å². The van der Waals surface area contributed by atoms with Crippen LogP contribution in [0.2, 0.25) is 0 Å². The van der Waals surface area contributed by atoms with Crippen molar-refractivity contribution >= 4 is 10.9 Å². The van der Waals surface area contributed by atoms with E-state index in [2.05, 4.69) is 25.1 Å². The smallest absolute Gasteiger partial charge is 0.161 e. The molecule has 0 saturated heterocycles. The molecule has 0 amide bonds. The van der Waals surface area contributed by atoms with Crippen molar-refractivity contribution in [2.24, 2.45) is 0 Å². The molecule has 0 spiro atoms. The summed E-state index contributed by atoms with van der Waals surface area (Å²) in [5, 5.41) is 1.19. The minimum atomic E-state index is 0.695. The summed E-state index contributed by atoms with van der Waals surface area (Å²) < 4.78 is 11.5. The summed E-state index contributed by atoms with van der Waals surface area (Å²) in [6.07, 6.45) is 0.914. The highest BCUT2D eigenvalue weighted by molar-refractivity contribution is 5.85. The Morgan fingerprint density at radius 1 is 0.909 bits per heavy atom. The third-order valence-electron chi connectivity index (χ3n) is 3.97. The van der Waals surface area contributed by atoms with Gasteiger partial charge in [-0.3, -0.25) is 0 Å². The number of fused-ring (bicyclic) bond motifs is 2. The van der Waals surface area contributed by atoms with E-state index < -0.39 is 0 Å². The van der Waals surface area contributed by atoms with Gasteiger partial charge < -0.3 is 9.47 Å². The molecule has 0 saturated carbocycles. The van der Waals surface area contributed by atoms with Crippen molar-refractivity contribution in [3.05, 3.63) is 54.1 Å². The Bertz CT molecular complexity index is 842. The van der Waals surface area contributed by atoms with Crippen molar-refractivity contribution in [1.82, 2.24) is 4.98 Å². The monoisotopic (exact) mass is 291 g/mol. The number of ether oxygens (including phenoxy) is 2. The lowest BCUT2D eigenvalue weighted by Crippen LogP contribution is -1.97. The van der Waals surface area contributed by atoms with Crippen LogP contribution in [0.15, 0.2) is 48.5 Å². The number of rotatable bonds is 1. The van der Waals surface area contributed by atoms with Gasteiger partial charge in [0.05, 0.1) is 24.4 Å². The number of pyridine rings is 1. The van der Waals surface area contributed by atoms with Gasteiger partial charge in [0.1, 0.15) is 0 Å². The molecule has 1 aliphatic heterocycles. The summed E-state index contributed by atoms with van der Waals surface area (Å²) >= 11 is 0. The second-order valence-electron chi connectivity index (χ2n) is 5.55. The lowest BCUT2D eigenvalue weighted by molar-refractivity contribution is 0.297. The number of benzene rings is 2. The van der Waals surface area contributed by atoms with E-state index >= 15 is 0 Å². The molecule has 1 aliphatic rings. The molecule has 22 heavy (non-hydrogen) atoms. The Morgan fingerprint density at radius 3 is 2.64 bits per heavy atom. The summed E-state index contributed by atoms with van der Waals surface area (Å²) in [5.74, 6) is 1.63. The quantitative estimate of drug-likeness (QED) is 0.667. The van der Waals surface area contributed by atoms with E-state index in [0.717, 1.165) is 34.7 Å². The zero-order chi connectivity index (χ0) is 14.9. The van der Waals surface area contributed by atoms with Crippen LogP contribution in [-0.4, -0.2) is 18.2 Å². The maximum atomic E-state index is 5.78. The van der Waals surface area contributed by atoms with Crippen LogP contribution in [-0.2, 0) is 0 Å². The van der Waals surface area contributed by atoms with E-state index in [4.69, 9.17) is 14.5 Å². The highest BCUT2D eigenvalue weighted by atomic mass is 16.5. The minimum Gasteiger partial charge on any atom is -0.490 e. The van der Waals surface area contributed by atoms with E-state index in [0.29, 0.717) is 13.2 Å². The molecular formula is C19H17NO2. The first kappa shape index (κ1) is 13.1. The first-order valence-electron chi connectivity index (χ1n) is 7.58. The lowest BCUT2D eigenvalue weighted by Gasteiger charge is -2.10. The van der Waals surface area contributed by atoms with Crippen LogP contribution in [0.1, 0.15) is 12.0 Å². The fourth-order valence-electron chi connectivity index (χ4n) is 2.82. The van der Waals surface area contributed by atoms with Gasteiger partial charge in [0.2, 0.25) is 0 Å². The van der Waals surface area contributed by atoms with Gasteiger partial charge in [0.15, 0.2) is 11.5 Å². The zero-order valence-corrected chi connectivity index (χ0v) is 12.5. The van der Waals surface area contributed by atoms with Crippen LogP contribution >= 0.6 is 0 Å². The summed E-state index contributed by atoms with van der Waals surface area (Å²) in [7, 11) is 0. The molecule has 0 radical (unpaired) electrons. The largest absolute Gasteiger partial charge is 0.490 e. The van der Waals surface area contributed by atoms with Gasteiger partial charge in [-0.1, -0.05) is 18.2 Å². The Kier molecular flexibility index (Phi) is 3.19. The van der Waals surface area contributed by atoms with Crippen LogP contribution in [0.3, 0.4) is 0 Å². The summed E-state index contributed by atoms with van der Waals surface area (Å²) in [5.41, 5.74) is 4.27. The van der Waals surface area contributed by atoms with Gasteiger partial charge in [-0.15, -0.1) is 0 Å². The molecule has 0 fully saturated rings. The standard InChI is InChI=1S/C19H17NO2/c1-13-11-17(20-16-6-3-2-5-15(13)16)14-7-8-18-19(12-14)22-10-4-9-21-18/h2-3,5-8,11-12H,4,9-10H2,1H3. The van der Waals surface area contributed by atoms with E-state index in [1.54, 1.807) is 0 Å². The highest BCUT2D eigenvalue weighted by Gasteiger charge is 2.12. The van der Waals surface area contributed by atoms with Crippen molar-refractivity contribution in [3.8, 4) is 22.8 Å². The molecule has 0 atom stereocenters. The SMILES string of the molecule is Cc1cc(-c2ccc3c(c2)OCCCO3)nc2ccccc12. The van der Waals surface area contributed by atoms with Crippen molar-refractivity contribution < 1.29 is 9.47 Å². The Balaban J connectivity index is 1.83. The van der Waals surface area contributed by atoms with Gasteiger partial charge in [-0.05, 0) is 42.8 Å². The molecule has 0 aliphatic carbocycles. The second-order valence-corrected chi connectivity index (χ2v) is 5.55. The third kappa shape index (κ3) is 2.29. The van der Waals surface area contributed by atoms with Gasteiger partial charge in [-0.25, -0.2) is 4.98 Å². The predicted octanol–water partition coefficient (Wildman–Crippen LogP) is 4.37. The Hall–Kier alpha value is -2.55. The minimum absolute atomic E-state index is 0.695. The molecule has 1 aromatic heterocycles. The van der Waals surface area contributed by atoms with Crippen LogP contribution < -0.4 is 9.47 Å². The number of aromatic nitrogens is 1. The number of hydrogen-bond acceptors (Lipinski definition) is 3. The van der Waals surface area contributed by atoms with Gasteiger partial charge in [-0.2, -0.15) is 0 Å². The topological polar surface area (TPSA) is 31.4 Å². The molecule has 0 bridgehead atoms. The molecule has 110 valence electrons. The van der Waals surface area contributed by atoms with Crippen molar-refractivity contribution in [2.45, 2.75) is 13.3 Å². The van der Waals surface area contributed by atoms with Crippen molar-refractivity contribution in [3.63, 3.8) is 0 Å². The molecule has 3 heteroatoms. The fraction of sp³-hybridized carbons (Fsp3) is 0.211. The number of aryl methyl sites for hydroxylation is 1. The normalized spacial score (nSPS) is 13.9. The predicted molar refractivity (Wildman–Crippen MR) is 87.5 cm³/mol. The van der Waals surface area contributed by atoms with Crippen molar-refractivity contribution in [2.75, 3.05) is 13.2 Å². The maximum Gasteiger partial charge on any atom is 0.161 e. The van der Waals surface area contributed by atoms with Gasteiger partial charge >= 0.3 is 0 Å². The third-order valence-corrected chi connectivity index (χ3v) is 3.97. The molecule has 4 rings (SSSR count). The summed E-state index contributed by atoms with van der Waals surface area (Å²) in [4.78, 5) is 4.78.